The van der Waals surface area contributed by atoms with Gasteiger partial charge in [0.15, 0.2) is 0 Å². The zero-order valence-electron chi connectivity index (χ0n) is 15.6. The van der Waals surface area contributed by atoms with Crippen LogP contribution in [0.15, 0.2) is 36.5 Å². The molecule has 1 aromatic carbocycles. The molecule has 4 atom stereocenters. The minimum atomic E-state index is -1.14. The van der Waals surface area contributed by atoms with Crippen LogP contribution in [0.3, 0.4) is 0 Å². The maximum absolute atomic E-state index is 12.5. The summed E-state index contributed by atoms with van der Waals surface area (Å²) in [4.78, 5) is 28.1. The molecule has 0 aliphatic heterocycles. The van der Waals surface area contributed by atoms with E-state index in [4.69, 9.17) is 0 Å². The first-order valence-electron chi connectivity index (χ1n) is 8.49. The van der Waals surface area contributed by atoms with Gasteiger partial charge >= 0.3 is 29.6 Å². The fourth-order valence-electron chi connectivity index (χ4n) is 3.77. The van der Waals surface area contributed by atoms with Gasteiger partial charge in [0.2, 0.25) is 5.91 Å². The van der Waals surface area contributed by atoms with Gasteiger partial charge in [-0.05, 0) is 30.9 Å². The maximum atomic E-state index is 12.5. The minimum Gasteiger partial charge on any atom is -0.550 e. The van der Waals surface area contributed by atoms with Crippen LogP contribution in [0.25, 0.3) is 5.69 Å². The van der Waals surface area contributed by atoms with E-state index >= 15 is 0 Å². The summed E-state index contributed by atoms with van der Waals surface area (Å²) in [5.74, 6) is -1.81. The van der Waals surface area contributed by atoms with E-state index in [1.165, 1.54) is 0 Å². The molecule has 1 amide bonds. The van der Waals surface area contributed by atoms with E-state index in [0.717, 1.165) is 17.2 Å². The van der Waals surface area contributed by atoms with Gasteiger partial charge in [-0.1, -0.05) is 32.0 Å². The van der Waals surface area contributed by atoms with Gasteiger partial charge in [0.05, 0.1) is 18.4 Å². The van der Waals surface area contributed by atoms with Crippen LogP contribution < -0.4 is 40.0 Å². The van der Waals surface area contributed by atoms with E-state index < -0.39 is 17.8 Å². The zero-order chi connectivity index (χ0) is 18.1. The van der Waals surface area contributed by atoms with Gasteiger partial charge in [-0.2, -0.15) is 0 Å². The first-order valence-corrected chi connectivity index (χ1v) is 8.49. The summed E-state index contributed by atoms with van der Waals surface area (Å²) in [5.41, 5.74) is 1.82. The average molecular weight is 363 g/mol. The summed E-state index contributed by atoms with van der Waals surface area (Å²) >= 11 is 0. The number of nitrogens with zero attached hydrogens (tertiary/aromatic N) is 2. The van der Waals surface area contributed by atoms with Crippen molar-refractivity contribution >= 4 is 11.9 Å². The number of carboxylic acid groups (broad SMARTS) is 1. The number of carboxylic acids is 1. The maximum Gasteiger partial charge on any atom is 1.00 e. The molecule has 7 heteroatoms. The van der Waals surface area contributed by atoms with Crippen molar-refractivity contribution in [3.63, 3.8) is 0 Å². The van der Waals surface area contributed by atoms with Crippen molar-refractivity contribution in [3.05, 3.63) is 48.0 Å². The Hall–Kier alpha value is -1.63. The van der Waals surface area contributed by atoms with Crippen LogP contribution in [0.5, 0.6) is 0 Å². The van der Waals surface area contributed by atoms with E-state index in [1.54, 1.807) is 6.20 Å². The molecule has 132 valence electrons. The van der Waals surface area contributed by atoms with Crippen molar-refractivity contribution in [2.75, 3.05) is 0 Å². The normalized spacial score (nSPS) is 24.3. The van der Waals surface area contributed by atoms with Crippen molar-refractivity contribution < 1.29 is 44.3 Å². The van der Waals surface area contributed by atoms with E-state index in [-0.39, 0.29) is 47.3 Å². The minimum absolute atomic E-state index is 0. The Kier molecular flexibility index (Phi) is 6.66. The Labute approximate surface area is 175 Å². The van der Waals surface area contributed by atoms with Crippen molar-refractivity contribution in [3.8, 4) is 5.69 Å². The Morgan fingerprint density at radius 3 is 2.38 bits per heavy atom. The molecule has 1 aromatic heterocycles. The van der Waals surface area contributed by atoms with Crippen molar-refractivity contribution in [2.45, 2.75) is 27.3 Å². The van der Waals surface area contributed by atoms with E-state index in [2.05, 4.69) is 10.3 Å². The number of aliphatic carboxylic acids is 1. The SMILES string of the molecule is Cc1ncc(CNC(=O)[C@H]2C(C)C(C)[C@H]2C(=O)[O-])n1-c1ccccc1.[Na+]. The summed E-state index contributed by atoms with van der Waals surface area (Å²) in [6, 6.07) is 9.78. The molecule has 0 saturated heterocycles. The molecule has 0 spiro atoms. The monoisotopic (exact) mass is 363 g/mol. The van der Waals surface area contributed by atoms with Crippen LogP contribution in [0, 0.1) is 30.6 Å². The van der Waals surface area contributed by atoms with Gasteiger partial charge in [0.1, 0.15) is 5.82 Å². The standard InChI is InChI=1S/C19H23N3O3.Na/c1-11-12(2)17(19(24)25)16(11)18(23)21-10-15-9-20-13(3)22(15)14-7-5-4-6-8-14;/h4-9,11-12,16-17H,10H2,1-3H3,(H,21,23)(H,24,25);/q;+1/p-1/t11?,12?,16-,17+;/m0./s1. The third kappa shape index (κ3) is 3.72. The Morgan fingerprint density at radius 2 is 1.77 bits per heavy atom. The number of nitrogens with one attached hydrogen (secondary N) is 1. The summed E-state index contributed by atoms with van der Waals surface area (Å²) < 4.78 is 1.98. The first kappa shape index (κ1) is 20.7. The number of carbonyl (C=O) groups excluding carboxylic acids is 2. The van der Waals surface area contributed by atoms with Crippen LogP contribution in [0.1, 0.15) is 25.4 Å². The Morgan fingerprint density at radius 1 is 1.15 bits per heavy atom. The van der Waals surface area contributed by atoms with Gasteiger partial charge < -0.3 is 15.2 Å². The summed E-state index contributed by atoms with van der Waals surface area (Å²) in [7, 11) is 0. The summed E-state index contributed by atoms with van der Waals surface area (Å²) in [6.45, 7) is 5.96. The third-order valence-corrected chi connectivity index (χ3v) is 5.39. The molecule has 0 radical (unpaired) electrons. The number of aromatic nitrogens is 2. The van der Waals surface area contributed by atoms with Crippen molar-refractivity contribution in [2.24, 2.45) is 23.7 Å². The van der Waals surface area contributed by atoms with Gasteiger partial charge in [0, 0.05) is 23.5 Å². The molecule has 1 heterocycles. The summed E-state index contributed by atoms with van der Waals surface area (Å²) in [6.07, 6.45) is 1.73. The number of para-hydroxylation sites is 1. The molecule has 1 aliphatic carbocycles. The van der Waals surface area contributed by atoms with Gasteiger partial charge in [-0.3, -0.25) is 9.36 Å². The molecule has 1 fully saturated rings. The first-order chi connectivity index (χ1) is 11.9. The third-order valence-electron chi connectivity index (χ3n) is 5.39. The predicted molar refractivity (Wildman–Crippen MR) is 90.5 cm³/mol. The van der Waals surface area contributed by atoms with Crippen molar-refractivity contribution in [1.82, 2.24) is 14.9 Å². The summed E-state index contributed by atoms with van der Waals surface area (Å²) in [5, 5.41) is 14.1. The molecule has 6 nitrogen and oxygen atoms in total. The van der Waals surface area contributed by atoms with Crippen LogP contribution in [0.2, 0.25) is 0 Å². The Bertz CT molecular complexity index is 791. The van der Waals surface area contributed by atoms with Crippen LogP contribution in [-0.2, 0) is 16.1 Å². The van der Waals surface area contributed by atoms with E-state index in [1.807, 2.05) is 55.7 Å². The number of rotatable bonds is 5. The molecule has 2 aromatic rings. The van der Waals surface area contributed by atoms with Gasteiger partial charge in [-0.15, -0.1) is 0 Å². The molecule has 3 rings (SSSR count). The molecule has 0 bridgehead atoms. The topological polar surface area (TPSA) is 87.1 Å². The molecule has 2 unspecified atom stereocenters. The quantitative estimate of drug-likeness (QED) is 0.627. The molecule has 1 N–H and O–H groups in total. The largest absolute Gasteiger partial charge is 1.00 e. The second kappa shape index (κ2) is 8.37. The molecular formula is C19H22N3NaO3. The Balaban J connectivity index is 0.00000243. The zero-order valence-corrected chi connectivity index (χ0v) is 17.6. The molecular weight excluding hydrogens is 341 g/mol. The fourth-order valence-corrected chi connectivity index (χ4v) is 3.77. The predicted octanol–water partition coefficient (Wildman–Crippen LogP) is -1.93. The number of aryl methyl sites for hydroxylation is 1. The number of benzene rings is 1. The second-order valence-corrected chi connectivity index (χ2v) is 6.77. The average Bonchev–Trinajstić information content (AvgIpc) is 2.97. The van der Waals surface area contributed by atoms with E-state index in [0.29, 0.717) is 6.54 Å². The molecule has 1 saturated carbocycles. The second-order valence-electron chi connectivity index (χ2n) is 6.77. The van der Waals surface area contributed by atoms with Gasteiger partial charge in [-0.25, -0.2) is 4.98 Å². The van der Waals surface area contributed by atoms with Crippen LogP contribution in [0.4, 0.5) is 0 Å². The van der Waals surface area contributed by atoms with E-state index in [9.17, 15) is 14.7 Å². The number of carbonyl (C=O) groups is 2. The number of amides is 1. The van der Waals surface area contributed by atoms with Gasteiger partial charge in [0.25, 0.3) is 0 Å². The van der Waals surface area contributed by atoms with Crippen LogP contribution >= 0.6 is 0 Å². The molecule has 1 aliphatic rings. The molecule has 26 heavy (non-hydrogen) atoms. The van der Waals surface area contributed by atoms with Crippen molar-refractivity contribution in [1.29, 1.82) is 0 Å². The number of imidazole rings is 1. The number of hydrogen-bond acceptors (Lipinski definition) is 4. The smallest absolute Gasteiger partial charge is 0.550 e. The van der Waals surface area contributed by atoms with Crippen LogP contribution in [-0.4, -0.2) is 21.4 Å². The number of hydrogen-bond donors (Lipinski definition) is 1. The fraction of sp³-hybridized carbons (Fsp3) is 0.421.